The van der Waals surface area contributed by atoms with Gasteiger partial charge in [-0.2, -0.15) is 10.2 Å². The fraction of sp³-hybridized carbons (Fsp3) is 0.255. The minimum Gasteiger partial charge on any atom is -0.465 e. The number of tetrazole rings is 1. The van der Waals surface area contributed by atoms with Crippen LogP contribution in [0.2, 0.25) is 5.02 Å². The number of esters is 1. The summed E-state index contributed by atoms with van der Waals surface area (Å²) in [4.78, 5) is 42.0. The molecule has 9 rings (SSSR count). The van der Waals surface area contributed by atoms with Gasteiger partial charge in [0.05, 0.1) is 34.8 Å². The van der Waals surface area contributed by atoms with E-state index in [1.165, 1.54) is 19.1 Å². The lowest BCUT2D eigenvalue weighted by Gasteiger charge is -2.25. The number of carbonyl (C=O) groups is 3. The van der Waals surface area contributed by atoms with Gasteiger partial charge >= 0.3 is 12.1 Å². The number of sulfonamides is 1. The Morgan fingerprint density at radius 3 is 2.34 bits per heavy atom. The smallest absolute Gasteiger partial charge is 0.465 e. The second-order valence-electron chi connectivity index (χ2n) is 15.7. The zero-order chi connectivity index (χ0) is 47.3. The molecule has 1 aliphatic heterocycles. The fourth-order valence-corrected chi connectivity index (χ4v) is 9.15. The van der Waals surface area contributed by atoms with E-state index in [1.807, 2.05) is 66.1 Å². The maximum atomic E-state index is 13.4. The van der Waals surface area contributed by atoms with Crippen molar-refractivity contribution in [2.24, 2.45) is 5.14 Å². The first-order chi connectivity index (χ1) is 32.2. The average Bonchev–Trinajstić information content (AvgIpc) is 4.04. The van der Waals surface area contributed by atoms with Crippen LogP contribution in [-0.2, 0) is 36.5 Å². The molecule has 1 amide bonds. The van der Waals surface area contributed by atoms with Crippen molar-refractivity contribution in [3.05, 3.63) is 142 Å². The summed E-state index contributed by atoms with van der Waals surface area (Å²) in [6.07, 6.45) is 2.65. The van der Waals surface area contributed by atoms with Gasteiger partial charge in [0.15, 0.2) is 5.72 Å². The average molecular weight is 949 g/mol. The zero-order valence-corrected chi connectivity index (χ0v) is 37.8. The number of halogens is 1. The van der Waals surface area contributed by atoms with Crippen molar-refractivity contribution < 1.29 is 46.9 Å². The number of para-hydroxylation sites is 1. The quantitative estimate of drug-likeness (QED) is 0.0696. The lowest BCUT2D eigenvalue weighted by Crippen LogP contribution is -2.40. The van der Waals surface area contributed by atoms with Crippen molar-refractivity contribution >= 4 is 50.7 Å². The molecule has 2 aromatic heterocycles. The number of aromatic nitrogens is 6. The van der Waals surface area contributed by atoms with Crippen molar-refractivity contribution in [3.8, 4) is 28.5 Å². The molecule has 20 heteroatoms. The molecule has 1 saturated carbocycles. The van der Waals surface area contributed by atoms with Crippen LogP contribution in [0, 0.1) is 0 Å². The molecule has 2 aliphatic rings. The van der Waals surface area contributed by atoms with Gasteiger partial charge in [0, 0.05) is 29.2 Å². The number of nitrogens with two attached hydrogens (primary N) is 1. The molecule has 2 atom stereocenters. The summed E-state index contributed by atoms with van der Waals surface area (Å²) in [5.41, 5.74) is 4.14. The van der Waals surface area contributed by atoms with Gasteiger partial charge in [0.25, 0.3) is 11.9 Å². The molecule has 1 fully saturated rings. The second kappa shape index (κ2) is 19.7. The maximum absolute atomic E-state index is 13.4. The van der Waals surface area contributed by atoms with Gasteiger partial charge in [-0.25, -0.2) is 23.1 Å². The van der Waals surface area contributed by atoms with Crippen LogP contribution in [0.5, 0.6) is 6.01 Å². The number of aromatic amines is 1. The van der Waals surface area contributed by atoms with Gasteiger partial charge in [0.1, 0.15) is 11.0 Å². The van der Waals surface area contributed by atoms with Crippen molar-refractivity contribution in [2.75, 3.05) is 6.61 Å². The molecule has 1 aliphatic carbocycles. The van der Waals surface area contributed by atoms with Crippen molar-refractivity contribution in [3.63, 3.8) is 0 Å². The second-order valence-corrected chi connectivity index (χ2v) is 17.6. The van der Waals surface area contributed by atoms with E-state index in [9.17, 15) is 27.9 Å². The number of hydrogen-bond acceptors (Lipinski definition) is 14. The number of fused-ring (bicyclic) bond motifs is 2. The molecule has 0 spiro atoms. The molecule has 67 heavy (non-hydrogen) atoms. The summed E-state index contributed by atoms with van der Waals surface area (Å²) in [5, 5.41) is 32.8. The van der Waals surface area contributed by atoms with Crippen molar-refractivity contribution in [1.29, 1.82) is 0 Å². The molecule has 0 saturated heterocycles. The van der Waals surface area contributed by atoms with E-state index < -0.39 is 40.1 Å². The third-order valence-corrected chi connectivity index (χ3v) is 12.6. The van der Waals surface area contributed by atoms with Gasteiger partial charge in [-0.05, 0) is 84.8 Å². The van der Waals surface area contributed by atoms with Gasteiger partial charge < -0.3 is 29.4 Å². The van der Waals surface area contributed by atoms with E-state index in [0.717, 1.165) is 60.4 Å². The Morgan fingerprint density at radius 2 is 1.64 bits per heavy atom. The number of hydrogen-bond donors (Lipinski definition) is 4. The van der Waals surface area contributed by atoms with Gasteiger partial charge in [-0.3, -0.25) is 9.36 Å². The minimum absolute atomic E-state index is 0.0625. The monoisotopic (exact) mass is 948 g/mol. The number of imidazole rings is 1. The molecule has 7 aromatic rings. The number of rotatable bonds is 12. The number of nitrogens with one attached hydrogen (secondary N) is 2. The number of primary sulfonamides is 1. The SMILES string of the molecule is CCOc1nc2cccc(C(=O)OC(C)OC(=O)OC3CCCCC3)c2n1Cc1ccc(-c2ccccc2-c2nn[nH]n2)cc1.NS(=O)(=O)c1cc(C2(O)NC(=O)c3ccccc32)ccc1Cl. The van der Waals surface area contributed by atoms with E-state index >= 15 is 0 Å². The highest BCUT2D eigenvalue weighted by Crippen LogP contribution is 2.37. The predicted octanol–water partition coefficient (Wildman–Crippen LogP) is 7.24. The molecule has 0 bridgehead atoms. The number of nitrogens with zero attached hydrogens (tertiary/aromatic N) is 5. The van der Waals surface area contributed by atoms with Gasteiger partial charge in [0.2, 0.25) is 22.1 Å². The fourth-order valence-electron chi connectivity index (χ4n) is 8.08. The molecule has 5 aromatic carbocycles. The van der Waals surface area contributed by atoms with Crippen LogP contribution >= 0.6 is 11.6 Å². The largest absolute Gasteiger partial charge is 0.511 e. The summed E-state index contributed by atoms with van der Waals surface area (Å²) in [7, 11) is -4.06. The van der Waals surface area contributed by atoms with E-state index in [-0.39, 0.29) is 27.1 Å². The number of aliphatic hydroxyl groups is 1. The molecule has 5 N–H and O–H groups in total. The Morgan fingerprint density at radius 1 is 0.925 bits per heavy atom. The summed E-state index contributed by atoms with van der Waals surface area (Å²) in [6, 6.07) is 31.9. The number of ether oxygens (including phenoxy) is 4. The van der Waals surface area contributed by atoms with E-state index in [2.05, 4.69) is 30.9 Å². The van der Waals surface area contributed by atoms with Gasteiger partial charge in [-0.1, -0.05) is 96.9 Å². The third-order valence-electron chi connectivity index (χ3n) is 11.2. The first-order valence-electron chi connectivity index (χ1n) is 21.3. The Hall–Kier alpha value is -7.19. The van der Waals surface area contributed by atoms with Crippen LogP contribution in [0.15, 0.2) is 114 Å². The van der Waals surface area contributed by atoms with E-state index in [1.54, 1.807) is 36.4 Å². The van der Waals surface area contributed by atoms with Crippen LogP contribution in [0.1, 0.15) is 83.4 Å². The van der Waals surface area contributed by atoms with Crippen LogP contribution in [0.25, 0.3) is 33.5 Å². The summed E-state index contributed by atoms with van der Waals surface area (Å²) in [6.45, 7) is 4.13. The molecule has 346 valence electrons. The highest BCUT2D eigenvalue weighted by Gasteiger charge is 2.43. The zero-order valence-electron chi connectivity index (χ0n) is 36.2. The molecular formula is C47H45ClN8O10S. The third kappa shape index (κ3) is 10.1. The normalized spacial score (nSPS) is 16.3. The predicted molar refractivity (Wildman–Crippen MR) is 244 cm³/mol. The first-order valence-corrected chi connectivity index (χ1v) is 23.3. The molecule has 18 nitrogen and oxygen atoms in total. The number of H-pyrrole nitrogens is 1. The standard InChI is InChI=1S/C33H34N6O6.C14H11ClN2O4S/c1-3-42-32-34-28-15-9-14-27(31(40)43-21(2)44-33(41)45-24-10-5-4-6-11-24)29(28)39(32)20-22-16-18-23(19-17-22)25-12-7-8-13-26(25)30-35-37-38-36-30;15-11-6-5-8(7-12(11)22(16,20)21)14(19)10-4-2-1-3-9(10)13(18)17-14/h7-9,12-19,21,24H,3-6,10-11,20H2,1-2H3,(H,35,36,37,38);1-7,19H,(H,17,18)(H2,16,20,21). The Labute approximate surface area is 389 Å². The van der Waals surface area contributed by atoms with Crippen LogP contribution in [0.4, 0.5) is 4.79 Å². The van der Waals surface area contributed by atoms with Crippen LogP contribution < -0.4 is 15.2 Å². The maximum Gasteiger partial charge on any atom is 0.511 e. The molecule has 3 heterocycles. The number of carbonyl (C=O) groups excluding carboxylic acids is 3. The van der Waals surface area contributed by atoms with Crippen molar-refractivity contribution in [1.82, 2.24) is 35.5 Å². The summed E-state index contributed by atoms with van der Waals surface area (Å²) >= 11 is 5.83. The van der Waals surface area contributed by atoms with Crippen LogP contribution in [-0.4, -0.2) is 80.7 Å². The minimum atomic E-state index is -4.06. The Kier molecular flexibility index (Phi) is 13.6. The highest BCUT2D eigenvalue weighted by atomic mass is 35.5. The number of amides is 1. The first kappa shape index (κ1) is 46.3. The topological polar surface area (TPSA) is 253 Å². The Balaban J connectivity index is 0.000000231. The molecular weight excluding hydrogens is 904 g/mol. The van der Waals surface area contributed by atoms with Crippen LogP contribution in [0.3, 0.4) is 0 Å². The lowest BCUT2D eigenvalue weighted by molar-refractivity contribution is -0.0914. The highest BCUT2D eigenvalue weighted by molar-refractivity contribution is 7.89. The molecule has 2 unspecified atom stereocenters. The summed E-state index contributed by atoms with van der Waals surface area (Å²) < 4.78 is 47.0. The van der Waals surface area contributed by atoms with E-state index in [0.29, 0.717) is 47.1 Å². The Bertz CT molecular complexity index is 3050. The summed E-state index contributed by atoms with van der Waals surface area (Å²) in [5.74, 6) is -0.595. The van der Waals surface area contributed by atoms with E-state index in [4.69, 9.17) is 35.7 Å². The number of benzene rings is 5. The molecule has 0 radical (unpaired) electrons. The lowest BCUT2D eigenvalue weighted by atomic mass is 9.94. The van der Waals surface area contributed by atoms with Crippen molar-refractivity contribution in [2.45, 2.75) is 75.5 Å². The van der Waals surface area contributed by atoms with Gasteiger partial charge in [-0.15, -0.1) is 10.2 Å².